The van der Waals surface area contributed by atoms with Gasteiger partial charge in [-0.1, -0.05) is 30.2 Å². The zero-order valence-corrected chi connectivity index (χ0v) is 18.4. The molecular formula is C22H28N2O3S2. The molecule has 1 aromatic heterocycles. The van der Waals surface area contributed by atoms with E-state index in [0.717, 1.165) is 42.5 Å². The van der Waals surface area contributed by atoms with Gasteiger partial charge in [0, 0.05) is 24.0 Å². The molecule has 156 valence electrons. The molecule has 29 heavy (non-hydrogen) atoms. The number of carbonyl (C=O) groups excluding carboxylic acids is 1. The number of thiophene rings is 1. The average Bonchev–Trinajstić information content (AvgIpc) is 3.35. The lowest BCUT2D eigenvalue weighted by molar-refractivity contribution is -0.123. The fourth-order valence-corrected chi connectivity index (χ4v) is 6.91. The number of rotatable bonds is 7. The van der Waals surface area contributed by atoms with Crippen LogP contribution < -0.4 is 5.32 Å². The van der Waals surface area contributed by atoms with E-state index in [1.165, 1.54) is 0 Å². The van der Waals surface area contributed by atoms with Crippen LogP contribution >= 0.6 is 11.3 Å². The van der Waals surface area contributed by atoms with E-state index in [1.54, 1.807) is 27.8 Å². The van der Waals surface area contributed by atoms with Crippen LogP contribution in [0.25, 0.3) is 0 Å². The molecule has 2 fully saturated rings. The molecule has 0 bridgehead atoms. The second-order valence-corrected chi connectivity index (χ2v) is 11.0. The van der Waals surface area contributed by atoms with Crippen LogP contribution in [0.5, 0.6) is 0 Å². The molecule has 0 spiro atoms. The summed E-state index contributed by atoms with van der Waals surface area (Å²) in [7, 11) is -3.51. The highest BCUT2D eigenvalue weighted by molar-refractivity contribution is 7.89. The van der Waals surface area contributed by atoms with Crippen molar-refractivity contribution in [3.63, 3.8) is 0 Å². The Hall–Kier alpha value is -1.70. The van der Waals surface area contributed by atoms with Crippen molar-refractivity contribution in [2.75, 3.05) is 13.1 Å². The smallest absolute Gasteiger partial charge is 0.243 e. The summed E-state index contributed by atoms with van der Waals surface area (Å²) in [6.45, 7) is 3.01. The lowest BCUT2D eigenvalue weighted by Gasteiger charge is -2.35. The topological polar surface area (TPSA) is 66.5 Å². The molecule has 1 saturated carbocycles. The number of sulfonamides is 1. The maximum absolute atomic E-state index is 13.2. The van der Waals surface area contributed by atoms with Crippen molar-refractivity contribution in [3.8, 4) is 0 Å². The summed E-state index contributed by atoms with van der Waals surface area (Å²) in [6.07, 6.45) is 5.20. The van der Waals surface area contributed by atoms with Gasteiger partial charge in [0.15, 0.2) is 0 Å². The van der Waals surface area contributed by atoms with Crippen molar-refractivity contribution in [2.45, 2.75) is 61.8 Å². The summed E-state index contributed by atoms with van der Waals surface area (Å²) in [4.78, 5) is 14.3. The quantitative estimate of drug-likeness (QED) is 0.723. The van der Waals surface area contributed by atoms with E-state index in [4.69, 9.17) is 0 Å². The predicted octanol–water partition coefficient (Wildman–Crippen LogP) is 3.84. The van der Waals surface area contributed by atoms with Crippen LogP contribution in [0.1, 0.15) is 49.0 Å². The predicted molar refractivity (Wildman–Crippen MR) is 116 cm³/mol. The van der Waals surface area contributed by atoms with Gasteiger partial charge in [0.25, 0.3) is 0 Å². The Morgan fingerprint density at radius 1 is 1.21 bits per heavy atom. The van der Waals surface area contributed by atoms with Gasteiger partial charge in [0.2, 0.25) is 15.9 Å². The number of nitrogens with one attached hydrogen (secondary N) is 1. The SMILES string of the molecule is Cc1ccc(S(=O)(=O)N2CCCCC2CCNC(=O)C2(c3cccs3)CC2)cc1. The van der Waals surface area contributed by atoms with Crippen molar-refractivity contribution in [1.29, 1.82) is 0 Å². The van der Waals surface area contributed by atoms with Gasteiger partial charge in [-0.3, -0.25) is 4.79 Å². The normalized spacial score (nSPS) is 21.6. The minimum Gasteiger partial charge on any atom is -0.355 e. The zero-order valence-electron chi connectivity index (χ0n) is 16.8. The fourth-order valence-electron chi connectivity index (χ4n) is 4.21. The van der Waals surface area contributed by atoms with E-state index in [0.29, 0.717) is 24.4 Å². The maximum atomic E-state index is 13.2. The van der Waals surface area contributed by atoms with Crippen LogP contribution in [-0.2, 0) is 20.2 Å². The minimum absolute atomic E-state index is 0.0627. The standard InChI is InChI=1S/C22H28N2O3S2/c1-17-7-9-19(10-8-17)29(26,27)24-15-3-2-5-18(24)11-14-23-21(25)22(12-13-22)20-6-4-16-28-20/h4,6-10,16,18H,2-3,5,11-15H2,1H3,(H,23,25). The van der Waals surface area contributed by atoms with Crippen LogP contribution in [0, 0.1) is 6.92 Å². The first-order valence-electron chi connectivity index (χ1n) is 10.3. The van der Waals surface area contributed by atoms with Crippen molar-refractivity contribution in [1.82, 2.24) is 9.62 Å². The Morgan fingerprint density at radius 2 is 1.97 bits per heavy atom. The van der Waals surface area contributed by atoms with Crippen molar-refractivity contribution >= 4 is 27.3 Å². The van der Waals surface area contributed by atoms with Crippen molar-refractivity contribution < 1.29 is 13.2 Å². The third-order valence-corrected chi connectivity index (χ3v) is 9.18. The molecule has 2 aliphatic rings. The molecule has 2 aromatic rings. The number of aryl methyl sites for hydroxylation is 1. The molecular weight excluding hydrogens is 404 g/mol. The van der Waals surface area contributed by atoms with Crippen LogP contribution in [0.3, 0.4) is 0 Å². The highest BCUT2D eigenvalue weighted by Crippen LogP contribution is 2.50. The number of benzene rings is 1. The first kappa shape index (κ1) is 20.6. The molecule has 7 heteroatoms. The number of hydrogen-bond donors (Lipinski definition) is 1. The van der Waals surface area contributed by atoms with Gasteiger partial charge in [-0.2, -0.15) is 4.31 Å². The molecule has 1 saturated heterocycles. The Kier molecular flexibility index (Phi) is 5.82. The van der Waals surface area contributed by atoms with Gasteiger partial charge in [-0.25, -0.2) is 8.42 Å². The Bertz CT molecular complexity index is 948. The van der Waals surface area contributed by atoms with E-state index in [1.807, 2.05) is 36.6 Å². The fraction of sp³-hybridized carbons (Fsp3) is 0.500. The molecule has 1 atom stereocenters. The highest BCUT2D eigenvalue weighted by atomic mass is 32.2. The molecule has 2 heterocycles. The Morgan fingerprint density at radius 3 is 2.62 bits per heavy atom. The van der Waals surface area contributed by atoms with E-state index in [-0.39, 0.29) is 17.4 Å². The molecule has 1 unspecified atom stereocenters. The number of carbonyl (C=O) groups is 1. The number of hydrogen-bond acceptors (Lipinski definition) is 4. The minimum atomic E-state index is -3.51. The lowest BCUT2D eigenvalue weighted by atomic mass is 10.0. The lowest BCUT2D eigenvalue weighted by Crippen LogP contribution is -2.45. The number of amides is 1. The summed E-state index contributed by atoms with van der Waals surface area (Å²) >= 11 is 1.64. The van der Waals surface area contributed by atoms with Gasteiger partial charge in [-0.15, -0.1) is 11.3 Å². The molecule has 4 rings (SSSR count). The summed E-state index contributed by atoms with van der Waals surface area (Å²) in [5, 5.41) is 5.10. The molecule has 1 aliphatic carbocycles. The Labute approximate surface area is 177 Å². The summed E-state index contributed by atoms with van der Waals surface area (Å²) in [6, 6.07) is 11.0. The Balaban J connectivity index is 1.39. The molecule has 5 nitrogen and oxygen atoms in total. The zero-order chi connectivity index (χ0) is 20.5. The molecule has 1 aliphatic heterocycles. The van der Waals surface area contributed by atoms with E-state index >= 15 is 0 Å². The van der Waals surface area contributed by atoms with E-state index < -0.39 is 10.0 Å². The monoisotopic (exact) mass is 432 g/mol. The van der Waals surface area contributed by atoms with Crippen LogP contribution in [-0.4, -0.2) is 37.8 Å². The number of piperidine rings is 1. The maximum Gasteiger partial charge on any atom is 0.243 e. The van der Waals surface area contributed by atoms with Crippen molar-refractivity contribution in [2.24, 2.45) is 0 Å². The number of nitrogens with zero attached hydrogens (tertiary/aromatic N) is 1. The summed E-state index contributed by atoms with van der Waals surface area (Å²) in [5.74, 6) is 0.0868. The molecule has 0 radical (unpaired) electrons. The summed E-state index contributed by atoms with van der Waals surface area (Å²) in [5.41, 5.74) is 0.704. The van der Waals surface area contributed by atoms with Crippen LogP contribution in [0.2, 0.25) is 0 Å². The van der Waals surface area contributed by atoms with Gasteiger partial charge in [0.1, 0.15) is 0 Å². The van der Waals surface area contributed by atoms with Gasteiger partial charge < -0.3 is 5.32 Å². The second-order valence-electron chi connectivity index (χ2n) is 8.18. The summed E-state index contributed by atoms with van der Waals surface area (Å²) < 4.78 is 28.0. The van der Waals surface area contributed by atoms with E-state index in [9.17, 15) is 13.2 Å². The van der Waals surface area contributed by atoms with Gasteiger partial charge in [0.05, 0.1) is 10.3 Å². The third-order valence-electron chi connectivity index (χ3n) is 6.14. The first-order valence-corrected chi connectivity index (χ1v) is 12.7. The molecule has 1 aromatic carbocycles. The molecule has 1 amide bonds. The molecule has 1 N–H and O–H groups in total. The largest absolute Gasteiger partial charge is 0.355 e. The van der Waals surface area contributed by atoms with E-state index in [2.05, 4.69) is 5.32 Å². The van der Waals surface area contributed by atoms with Gasteiger partial charge in [-0.05, 0) is 62.6 Å². The van der Waals surface area contributed by atoms with Crippen molar-refractivity contribution in [3.05, 3.63) is 52.2 Å². The van der Waals surface area contributed by atoms with Crippen LogP contribution in [0.15, 0.2) is 46.7 Å². The van der Waals surface area contributed by atoms with Crippen LogP contribution in [0.4, 0.5) is 0 Å². The highest BCUT2D eigenvalue weighted by Gasteiger charge is 2.51. The second kappa shape index (κ2) is 8.20. The first-order chi connectivity index (χ1) is 13.9. The average molecular weight is 433 g/mol. The van der Waals surface area contributed by atoms with Gasteiger partial charge >= 0.3 is 0 Å². The third kappa shape index (κ3) is 4.13.